The molecule has 118 valence electrons. The van der Waals surface area contributed by atoms with Crippen molar-refractivity contribution in [3.8, 4) is 5.75 Å². The van der Waals surface area contributed by atoms with E-state index in [1.165, 1.54) is 24.3 Å². The molecule has 2 aromatic carbocycles. The van der Waals surface area contributed by atoms with Crippen LogP contribution in [0.2, 0.25) is 0 Å². The number of phenols is 1. The van der Waals surface area contributed by atoms with Gasteiger partial charge in [-0.05, 0) is 55.5 Å². The molecule has 0 radical (unpaired) electrons. The highest BCUT2D eigenvalue weighted by Gasteiger charge is 2.09. The SMILES string of the molecule is Cc1ccc(C(=O)NC(=S)NNC(=O)c2ccc(O)cc2)cc1. The quantitative estimate of drug-likeness (QED) is 0.497. The van der Waals surface area contributed by atoms with E-state index < -0.39 is 5.91 Å². The van der Waals surface area contributed by atoms with E-state index in [0.717, 1.165) is 5.56 Å². The van der Waals surface area contributed by atoms with E-state index in [2.05, 4.69) is 16.2 Å². The third kappa shape index (κ3) is 4.79. The largest absolute Gasteiger partial charge is 0.508 e. The van der Waals surface area contributed by atoms with Gasteiger partial charge in [0.05, 0.1) is 0 Å². The number of amides is 2. The molecular weight excluding hydrogens is 314 g/mol. The molecule has 0 aromatic heterocycles. The van der Waals surface area contributed by atoms with Crippen molar-refractivity contribution >= 4 is 29.1 Å². The monoisotopic (exact) mass is 329 g/mol. The van der Waals surface area contributed by atoms with Gasteiger partial charge in [0.2, 0.25) is 0 Å². The molecule has 0 spiro atoms. The Labute approximate surface area is 138 Å². The summed E-state index contributed by atoms with van der Waals surface area (Å²) in [6.07, 6.45) is 0. The molecule has 0 unspecified atom stereocenters. The van der Waals surface area contributed by atoms with E-state index in [-0.39, 0.29) is 16.8 Å². The van der Waals surface area contributed by atoms with Gasteiger partial charge in [0.25, 0.3) is 11.8 Å². The summed E-state index contributed by atoms with van der Waals surface area (Å²) in [6.45, 7) is 1.92. The minimum Gasteiger partial charge on any atom is -0.508 e. The maximum absolute atomic E-state index is 11.9. The Balaban J connectivity index is 1.85. The molecule has 2 amide bonds. The van der Waals surface area contributed by atoms with Gasteiger partial charge in [0, 0.05) is 11.1 Å². The Morgan fingerprint density at radius 1 is 0.870 bits per heavy atom. The second kappa shape index (κ2) is 7.37. The zero-order valence-electron chi connectivity index (χ0n) is 12.3. The summed E-state index contributed by atoms with van der Waals surface area (Å²) in [4.78, 5) is 23.8. The van der Waals surface area contributed by atoms with Gasteiger partial charge in [0.15, 0.2) is 5.11 Å². The Kier molecular flexibility index (Phi) is 5.27. The normalized spacial score (nSPS) is 9.78. The smallest absolute Gasteiger partial charge is 0.269 e. The van der Waals surface area contributed by atoms with E-state index in [4.69, 9.17) is 17.3 Å². The fourth-order valence-electron chi connectivity index (χ4n) is 1.71. The van der Waals surface area contributed by atoms with Crippen LogP contribution in [-0.4, -0.2) is 22.0 Å². The lowest BCUT2D eigenvalue weighted by Crippen LogP contribution is -2.48. The highest BCUT2D eigenvalue weighted by Crippen LogP contribution is 2.09. The molecule has 0 aliphatic heterocycles. The van der Waals surface area contributed by atoms with E-state index >= 15 is 0 Å². The van der Waals surface area contributed by atoms with Gasteiger partial charge in [-0.1, -0.05) is 17.7 Å². The van der Waals surface area contributed by atoms with Crippen molar-refractivity contribution < 1.29 is 14.7 Å². The van der Waals surface area contributed by atoms with Gasteiger partial charge >= 0.3 is 0 Å². The van der Waals surface area contributed by atoms with Crippen molar-refractivity contribution in [1.29, 1.82) is 0 Å². The molecule has 0 heterocycles. The molecule has 7 heteroatoms. The molecule has 2 aromatic rings. The van der Waals surface area contributed by atoms with Crippen LogP contribution in [0.4, 0.5) is 0 Å². The van der Waals surface area contributed by atoms with E-state index in [1.807, 2.05) is 19.1 Å². The number of phenolic OH excluding ortho intramolecular Hbond substituents is 1. The van der Waals surface area contributed by atoms with Gasteiger partial charge < -0.3 is 5.11 Å². The van der Waals surface area contributed by atoms with Crippen LogP contribution in [-0.2, 0) is 0 Å². The predicted octanol–water partition coefficient (Wildman–Crippen LogP) is 1.65. The molecular formula is C16H15N3O3S. The molecule has 0 aliphatic rings. The zero-order valence-corrected chi connectivity index (χ0v) is 13.1. The Morgan fingerprint density at radius 2 is 1.39 bits per heavy atom. The van der Waals surface area contributed by atoms with Crippen LogP contribution >= 0.6 is 12.2 Å². The maximum Gasteiger partial charge on any atom is 0.269 e. The number of carbonyl (C=O) groups is 2. The van der Waals surface area contributed by atoms with Gasteiger partial charge in [-0.25, -0.2) is 0 Å². The van der Waals surface area contributed by atoms with Crippen LogP contribution in [0.3, 0.4) is 0 Å². The highest BCUT2D eigenvalue weighted by atomic mass is 32.1. The minimum atomic E-state index is -0.447. The third-order valence-corrected chi connectivity index (χ3v) is 3.16. The molecule has 4 N–H and O–H groups in total. The second-order valence-electron chi connectivity index (χ2n) is 4.78. The summed E-state index contributed by atoms with van der Waals surface area (Å²) in [7, 11) is 0. The summed E-state index contributed by atoms with van der Waals surface area (Å²) in [6, 6.07) is 12.7. The van der Waals surface area contributed by atoms with Crippen LogP contribution in [0.1, 0.15) is 26.3 Å². The van der Waals surface area contributed by atoms with Gasteiger partial charge in [-0.2, -0.15) is 0 Å². The Hall–Kier alpha value is -2.93. The number of thiocarbonyl (C=S) groups is 1. The summed E-state index contributed by atoms with van der Waals surface area (Å²) in [5.74, 6) is -0.756. The van der Waals surface area contributed by atoms with Crippen molar-refractivity contribution in [2.45, 2.75) is 6.92 Å². The summed E-state index contributed by atoms with van der Waals surface area (Å²) >= 11 is 4.95. The fourth-order valence-corrected chi connectivity index (χ4v) is 1.85. The lowest BCUT2D eigenvalue weighted by Gasteiger charge is -2.11. The van der Waals surface area contributed by atoms with Crippen LogP contribution in [0.5, 0.6) is 5.75 Å². The number of hydrogen-bond acceptors (Lipinski definition) is 4. The minimum absolute atomic E-state index is 0.0253. The van der Waals surface area contributed by atoms with Crippen molar-refractivity contribution in [1.82, 2.24) is 16.2 Å². The van der Waals surface area contributed by atoms with Crippen molar-refractivity contribution in [3.05, 3.63) is 65.2 Å². The molecule has 0 fully saturated rings. The molecule has 23 heavy (non-hydrogen) atoms. The van der Waals surface area contributed by atoms with Gasteiger partial charge in [0.1, 0.15) is 5.75 Å². The summed E-state index contributed by atoms with van der Waals surface area (Å²) in [5.41, 5.74) is 6.65. The Morgan fingerprint density at radius 3 is 2.00 bits per heavy atom. The molecule has 6 nitrogen and oxygen atoms in total. The molecule has 2 rings (SSSR count). The number of hydrazine groups is 1. The fraction of sp³-hybridized carbons (Fsp3) is 0.0625. The van der Waals surface area contributed by atoms with Crippen LogP contribution in [0.25, 0.3) is 0 Å². The van der Waals surface area contributed by atoms with Crippen molar-refractivity contribution in [3.63, 3.8) is 0 Å². The Bertz CT molecular complexity index is 727. The number of aromatic hydroxyl groups is 1. The van der Waals surface area contributed by atoms with Gasteiger partial charge in [-0.15, -0.1) is 0 Å². The number of aryl methyl sites for hydroxylation is 1. The summed E-state index contributed by atoms with van der Waals surface area (Å²) < 4.78 is 0. The number of benzene rings is 2. The van der Waals surface area contributed by atoms with E-state index in [9.17, 15) is 9.59 Å². The second-order valence-corrected chi connectivity index (χ2v) is 5.18. The first-order valence-corrected chi connectivity index (χ1v) is 7.14. The number of nitrogens with one attached hydrogen (secondary N) is 3. The first-order chi connectivity index (χ1) is 11.0. The van der Waals surface area contributed by atoms with E-state index in [1.54, 1.807) is 12.1 Å². The molecule has 0 saturated heterocycles. The molecule has 0 bridgehead atoms. The molecule has 0 aliphatic carbocycles. The van der Waals surface area contributed by atoms with Gasteiger partial charge in [-0.3, -0.25) is 25.8 Å². The predicted molar refractivity (Wildman–Crippen MR) is 90.0 cm³/mol. The number of hydrogen-bond donors (Lipinski definition) is 4. The highest BCUT2D eigenvalue weighted by molar-refractivity contribution is 7.80. The average molecular weight is 329 g/mol. The first-order valence-electron chi connectivity index (χ1n) is 6.73. The van der Waals surface area contributed by atoms with Crippen LogP contribution < -0.4 is 16.2 Å². The topological polar surface area (TPSA) is 90.5 Å². The molecule has 0 saturated carbocycles. The standard InChI is InChI=1S/C16H15N3O3S/c1-10-2-4-11(5-3-10)14(21)17-16(23)19-18-15(22)12-6-8-13(20)9-7-12/h2-9,20H,1H3,(H,18,22)(H2,17,19,21,23). The van der Waals surface area contributed by atoms with E-state index in [0.29, 0.717) is 11.1 Å². The average Bonchev–Trinajstić information content (AvgIpc) is 2.54. The number of rotatable bonds is 2. The van der Waals surface area contributed by atoms with Crippen LogP contribution in [0.15, 0.2) is 48.5 Å². The lowest BCUT2D eigenvalue weighted by molar-refractivity contribution is 0.0934. The van der Waals surface area contributed by atoms with Crippen molar-refractivity contribution in [2.24, 2.45) is 0 Å². The maximum atomic E-state index is 11.9. The summed E-state index contributed by atoms with van der Waals surface area (Å²) in [5, 5.41) is 11.6. The molecule has 0 atom stereocenters. The number of carbonyl (C=O) groups excluding carboxylic acids is 2. The third-order valence-electron chi connectivity index (χ3n) is 2.96. The first kappa shape index (κ1) is 16.4. The van der Waals surface area contributed by atoms with Crippen LogP contribution in [0, 0.1) is 6.92 Å². The zero-order chi connectivity index (χ0) is 16.8. The van der Waals surface area contributed by atoms with Crippen molar-refractivity contribution in [2.75, 3.05) is 0 Å². The lowest BCUT2D eigenvalue weighted by atomic mass is 10.1.